The van der Waals surface area contributed by atoms with Crippen LogP contribution in [0.15, 0.2) is 46.9 Å². The van der Waals surface area contributed by atoms with Gasteiger partial charge >= 0.3 is 0 Å². The molecule has 2 rings (SSSR count). The molecule has 0 spiro atoms. The zero-order valence-corrected chi connectivity index (χ0v) is 12.0. The van der Waals surface area contributed by atoms with Gasteiger partial charge in [0.25, 0.3) is 5.91 Å². The Morgan fingerprint density at radius 2 is 2.00 bits per heavy atom. The van der Waals surface area contributed by atoms with E-state index in [4.69, 9.17) is 11.6 Å². The molecule has 2 aromatic rings. The number of hydrogen-bond acceptors (Lipinski definition) is 1. The van der Waals surface area contributed by atoms with Gasteiger partial charge < -0.3 is 5.32 Å². The number of anilines is 1. The minimum atomic E-state index is -0.171. The smallest absolute Gasteiger partial charge is 0.255 e. The Morgan fingerprint density at radius 3 is 2.67 bits per heavy atom. The lowest BCUT2D eigenvalue weighted by atomic mass is 10.2. The van der Waals surface area contributed by atoms with Crippen LogP contribution in [-0.2, 0) is 0 Å². The van der Waals surface area contributed by atoms with E-state index in [9.17, 15) is 4.79 Å². The molecule has 0 radical (unpaired) electrons. The van der Waals surface area contributed by atoms with Crippen molar-refractivity contribution in [1.29, 1.82) is 0 Å². The van der Waals surface area contributed by atoms with Crippen molar-refractivity contribution in [2.75, 3.05) is 5.32 Å². The number of nitrogens with one attached hydrogen (secondary N) is 1. The van der Waals surface area contributed by atoms with E-state index in [2.05, 4.69) is 21.2 Å². The fourth-order valence-corrected chi connectivity index (χ4v) is 2.44. The molecular formula is C14H11BrClNO. The van der Waals surface area contributed by atoms with Gasteiger partial charge in [0.2, 0.25) is 0 Å². The number of amides is 1. The summed E-state index contributed by atoms with van der Waals surface area (Å²) in [6, 6.07) is 12.6. The fourth-order valence-electron chi connectivity index (χ4n) is 1.64. The largest absolute Gasteiger partial charge is 0.322 e. The molecule has 1 N–H and O–H groups in total. The highest BCUT2D eigenvalue weighted by molar-refractivity contribution is 9.10. The second-order valence-electron chi connectivity index (χ2n) is 3.98. The number of carbonyl (C=O) groups excluding carboxylic acids is 1. The van der Waals surface area contributed by atoms with Crippen molar-refractivity contribution in [1.82, 2.24) is 0 Å². The Kier molecular flexibility index (Phi) is 4.04. The third-order valence-electron chi connectivity index (χ3n) is 2.39. The average Bonchev–Trinajstić information content (AvgIpc) is 2.27. The molecule has 92 valence electrons. The van der Waals surface area contributed by atoms with Crippen LogP contribution in [0.5, 0.6) is 0 Å². The number of rotatable bonds is 2. The topological polar surface area (TPSA) is 29.1 Å². The summed E-state index contributed by atoms with van der Waals surface area (Å²) in [6.07, 6.45) is 0. The van der Waals surface area contributed by atoms with Gasteiger partial charge in [-0.1, -0.05) is 33.6 Å². The zero-order chi connectivity index (χ0) is 13.1. The zero-order valence-electron chi connectivity index (χ0n) is 9.71. The molecule has 1 amide bonds. The van der Waals surface area contributed by atoms with Crippen LogP contribution in [0, 0.1) is 6.92 Å². The van der Waals surface area contributed by atoms with Crippen LogP contribution in [0.3, 0.4) is 0 Å². The molecule has 0 aliphatic rings. The molecule has 2 nitrogen and oxygen atoms in total. The minimum Gasteiger partial charge on any atom is -0.322 e. The summed E-state index contributed by atoms with van der Waals surface area (Å²) >= 11 is 9.25. The van der Waals surface area contributed by atoms with Crippen molar-refractivity contribution in [3.8, 4) is 0 Å². The van der Waals surface area contributed by atoms with Gasteiger partial charge in [-0.15, -0.1) is 0 Å². The summed E-state index contributed by atoms with van der Waals surface area (Å²) < 4.78 is 0.934. The molecule has 0 aromatic heterocycles. The van der Waals surface area contributed by atoms with Crippen LogP contribution in [0.1, 0.15) is 15.9 Å². The molecule has 2 aromatic carbocycles. The molecule has 0 fully saturated rings. The first-order valence-electron chi connectivity index (χ1n) is 5.39. The van der Waals surface area contributed by atoms with Crippen LogP contribution in [0.4, 0.5) is 5.69 Å². The standard InChI is InChI=1S/C14H11BrClNO/c1-9-5-11(15)8-13(6-9)17-14(18)10-3-2-4-12(16)7-10/h2-8H,1H3,(H,17,18). The summed E-state index contributed by atoms with van der Waals surface area (Å²) in [6.45, 7) is 1.97. The summed E-state index contributed by atoms with van der Waals surface area (Å²) in [5.41, 5.74) is 2.37. The van der Waals surface area contributed by atoms with E-state index in [1.807, 2.05) is 25.1 Å². The number of benzene rings is 2. The van der Waals surface area contributed by atoms with Crippen LogP contribution >= 0.6 is 27.5 Å². The van der Waals surface area contributed by atoms with Crippen molar-refractivity contribution in [2.24, 2.45) is 0 Å². The van der Waals surface area contributed by atoms with Gasteiger partial charge in [0.15, 0.2) is 0 Å². The predicted molar refractivity (Wildman–Crippen MR) is 78.3 cm³/mol. The molecule has 0 aliphatic carbocycles. The monoisotopic (exact) mass is 323 g/mol. The van der Waals surface area contributed by atoms with Crippen LogP contribution in [-0.4, -0.2) is 5.91 Å². The van der Waals surface area contributed by atoms with Gasteiger partial charge in [-0.3, -0.25) is 4.79 Å². The third kappa shape index (κ3) is 3.34. The molecule has 0 saturated carbocycles. The Hall–Kier alpha value is -1.32. The van der Waals surface area contributed by atoms with Gasteiger partial charge in [-0.2, -0.15) is 0 Å². The lowest BCUT2D eigenvalue weighted by Crippen LogP contribution is -2.11. The van der Waals surface area contributed by atoms with E-state index in [0.29, 0.717) is 10.6 Å². The molecule has 0 aliphatic heterocycles. The average molecular weight is 325 g/mol. The first-order chi connectivity index (χ1) is 8.54. The van der Waals surface area contributed by atoms with Crippen molar-refractivity contribution in [2.45, 2.75) is 6.92 Å². The van der Waals surface area contributed by atoms with Crippen molar-refractivity contribution >= 4 is 39.1 Å². The molecule has 0 heterocycles. The number of carbonyl (C=O) groups is 1. The van der Waals surface area contributed by atoms with E-state index < -0.39 is 0 Å². The normalized spacial score (nSPS) is 10.2. The predicted octanol–water partition coefficient (Wildman–Crippen LogP) is 4.66. The Bertz CT molecular complexity index is 578. The summed E-state index contributed by atoms with van der Waals surface area (Å²) in [5.74, 6) is -0.171. The highest BCUT2D eigenvalue weighted by atomic mass is 79.9. The maximum absolute atomic E-state index is 12.0. The lowest BCUT2D eigenvalue weighted by Gasteiger charge is -2.07. The molecule has 18 heavy (non-hydrogen) atoms. The first-order valence-corrected chi connectivity index (χ1v) is 6.56. The van der Waals surface area contributed by atoms with Gasteiger partial charge in [0, 0.05) is 20.7 Å². The van der Waals surface area contributed by atoms with Crippen LogP contribution in [0.25, 0.3) is 0 Å². The van der Waals surface area contributed by atoms with Gasteiger partial charge in [0.1, 0.15) is 0 Å². The molecule has 4 heteroatoms. The van der Waals surface area contributed by atoms with E-state index in [1.54, 1.807) is 24.3 Å². The van der Waals surface area contributed by atoms with Crippen molar-refractivity contribution in [3.05, 3.63) is 63.1 Å². The fraction of sp³-hybridized carbons (Fsp3) is 0.0714. The van der Waals surface area contributed by atoms with Gasteiger partial charge in [-0.25, -0.2) is 0 Å². The van der Waals surface area contributed by atoms with Gasteiger partial charge in [-0.05, 0) is 48.9 Å². The van der Waals surface area contributed by atoms with E-state index >= 15 is 0 Å². The second kappa shape index (κ2) is 5.55. The highest BCUT2D eigenvalue weighted by Crippen LogP contribution is 2.20. The molecule has 0 unspecified atom stereocenters. The molecular weight excluding hydrogens is 314 g/mol. The molecule has 0 atom stereocenters. The molecule has 0 saturated heterocycles. The first kappa shape index (κ1) is 13.1. The number of aryl methyl sites for hydroxylation is 1. The van der Waals surface area contributed by atoms with Crippen molar-refractivity contribution < 1.29 is 4.79 Å². The van der Waals surface area contributed by atoms with Gasteiger partial charge in [0.05, 0.1) is 0 Å². The highest BCUT2D eigenvalue weighted by Gasteiger charge is 2.07. The number of hydrogen-bond donors (Lipinski definition) is 1. The lowest BCUT2D eigenvalue weighted by molar-refractivity contribution is 0.102. The third-order valence-corrected chi connectivity index (χ3v) is 3.08. The SMILES string of the molecule is Cc1cc(Br)cc(NC(=O)c2cccc(Cl)c2)c1. The van der Waals surface area contributed by atoms with Crippen LogP contribution < -0.4 is 5.32 Å². The summed E-state index contributed by atoms with van der Waals surface area (Å²) in [4.78, 5) is 12.0. The van der Waals surface area contributed by atoms with E-state index in [-0.39, 0.29) is 5.91 Å². The maximum Gasteiger partial charge on any atom is 0.255 e. The summed E-state index contributed by atoms with van der Waals surface area (Å²) in [5, 5.41) is 3.39. The van der Waals surface area contributed by atoms with E-state index in [1.165, 1.54) is 0 Å². The maximum atomic E-state index is 12.0. The Labute approximate surface area is 119 Å². The Morgan fingerprint density at radius 1 is 1.22 bits per heavy atom. The number of halogens is 2. The second-order valence-corrected chi connectivity index (χ2v) is 5.33. The van der Waals surface area contributed by atoms with Crippen molar-refractivity contribution in [3.63, 3.8) is 0 Å². The molecule has 0 bridgehead atoms. The minimum absolute atomic E-state index is 0.171. The summed E-state index contributed by atoms with van der Waals surface area (Å²) in [7, 11) is 0. The van der Waals surface area contributed by atoms with Crippen LogP contribution in [0.2, 0.25) is 5.02 Å². The van der Waals surface area contributed by atoms with E-state index in [0.717, 1.165) is 15.7 Å². The Balaban J connectivity index is 2.21. The quantitative estimate of drug-likeness (QED) is 0.855.